The minimum atomic E-state index is -0.0728. The highest BCUT2D eigenvalue weighted by Gasteiger charge is 2.04. The maximum atomic E-state index is 11.0. The van der Waals surface area contributed by atoms with Crippen molar-refractivity contribution in [2.24, 2.45) is 0 Å². The number of nitrogens with zero attached hydrogens (tertiary/aromatic N) is 1. The molecule has 0 spiro atoms. The number of anilines is 2. The summed E-state index contributed by atoms with van der Waals surface area (Å²) in [5.74, 6) is -0.0728. The summed E-state index contributed by atoms with van der Waals surface area (Å²) in [5, 5.41) is 8.62. The largest absolute Gasteiger partial charge is 0.365 e. The highest BCUT2D eigenvalue weighted by Crippen LogP contribution is 2.26. The Kier molecular flexibility index (Phi) is 3.39. The zero-order valence-electron chi connectivity index (χ0n) is 9.65. The van der Waals surface area contributed by atoms with Crippen molar-refractivity contribution in [2.45, 2.75) is 6.92 Å². The van der Waals surface area contributed by atoms with Gasteiger partial charge in [-0.2, -0.15) is 0 Å². The van der Waals surface area contributed by atoms with Crippen LogP contribution in [-0.4, -0.2) is 17.9 Å². The number of rotatable bonds is 3. The predicted octanol–water partition coefficient (Wildman–Crippen LogP) is 2.81. The van der Waals surface area contributed by atoms with E-state index in [-0.39, 0.29) is 5.91 Å². The SMILES string of the molecule is CNc1nc(-c2cccc(NC(C)=O)c2)cs1. The second-order valence-electron chi connectivity index (χ2n) is 3.55. The fourth-order valence-electron chi connectivity index (χ4n) is 1.48. The van der Waals surface area contributed by atoms with Gasteiger partial charge in [0.25, 0.3) is 0 Å². The molecule has 0 unspecified atom stereocenters. The second kappa shape index (κ2) is 4.97. The van der Waals surface area contributed by atoms with Crippen LogP contribution in [0.25, 0.3) is 11.3 Å². The number of amides is 1. The summed E-state index contributed by atoms with van der Waals surface area (Å²) in [7, 11) is 1.84. The van der Waals surface area contributed by atoms with Crippen LogP contribution in [0.5, 0.6) is 0 Å². The van der Waals surface area contributed by atoms with E-state index in [9.17, 15) is 4.79 Å². The smallest absolute Gasteiger partial charge is 0.221 e. The monoisotopic (exact) mass is 247 g/mol. The Morgan fingerprint density at radius 1 is 1.41 bits per heavy atom. The maximum absolute atomic E-state index is 11.0. The van der Waals surface area contributed by atoms with Gasteiger partial charge in [-0.1, -0.05) is 12.1 Å². The van der Waals surface area contributed by atoms with Crippen molar-refractivity contribution < 1.29 is 4.79 Å². The van der Waals surface area contributed by atoms with Crippen LogP contribution < -0.4 is 10.6 Å². The molecule has 0 saturated carbocycles. The van der Waals surface area contributed by atoms with Crippen molar-refractivity contribution in [3.8, 4) is 11.3 Å². The van der Waals surface area contributed by atoms with Crippen LogP contribution in [0.1, 0.15) is 6.92 Å². The molecular weight excluding hydrogens is 234 g/mol. The first-order chi connectivity index (χ1) is 8.19. The minimum absolute atomic E-state index is 0.0728. The van der Waals surface area contributed by atoms with Gasteiger partial charge in [0, 0.05) is 30.6 Å². The first kappa shape index (κ1) is 11.6. The summed E-state index contributed by atoms with van der Waals surface area (Å²) in [5.41, 5.74) is 2.69. The number of aromatic nitrogens is 1. The number of carbonyl (C=O) groups excluding carboxylic acids is 1. The van der Waals surface area contributed by atoms with Crippen molar-refractivity contribution in [1.29, 1.82) is 0 Å². The number of benzene rings is 1. The molecule has 2 N–H and O–H groups in total. The summed E-state index contributed by atoms with van der Waals surface area (Å²) in [6.45, 7) is 1.49. The standard InChI is InChI=1S/C12H13N3OS/c1-8(16)14-10-5-3-4-9(6-10)11-7-17-12(13-2)15-11/h3-7H,1-2H3,(H,13,15)(H,14,16). The van der Waals surface area contributed by atoms with Crippen molar-refractivity contribution in [3.63, 3.8) is 0 Å². The lowest BCUT2D eigenvalue weighted by Crippen LogP contribution is -2.05. The van der Waals surface area contributed by atoms with Crippen LogP contribution in [0.3, 0.4) is 0 Å². The highest BCUT2D eigenvalue weighted by atomic mass is 32.1. The van der Waals surface area contributed by atoms with Gasteiger partial charge in [0.15, 0.2) is 5.13 Å². The molecule has 0 fully saturated rings. The summed E-state index contributed by atoms with van der Waals surface area (Å²) >= 11 is 1.55. The molecule has 0 atom stereocenters. The fourth-order valence-corrected chi connectivity index (χ4v) is 2.16. The molecule has 1 aromatic heterocycles. The Labute approximate surface area is 104 Å². The molecule has 4 nitrogen and oxygen atoms in total. The number of hydrogen-bond acceptors (Lipinski definition) is 4. The van der Waals surface area contributed by atoms with Gasteiger partial charge < -0.3 is 10.6 Å². The third-order valence-electron chi connectivity index (χ3n) is 2.20. The zero-order valence-corrected chi connectivity index (χ0v) is 10.5. The molecule has 1 heterocycles. The van der Waals surface area contributed by atoms with Gasteiger partial charge in [-0.3, -0.25) is 4.79 Å². The molecule has 0 radical (unpaired) electrons. The predicted molar refractivity (Wildman–Crippen MR) is 71.4 cm³/mol. The van der Waals surface area contributed by atoms with Crippen LogP contribution in [-0.2, 0) is 4.79 Å². The van der Waals surface area contributed by atoms with Crippen LogP contribution in [0.15, 0.2) is 29.6 Å². The van der Waals surface area contributed by atoms with Gasteiger partial charge in [-0.15, -0.1) is 11.3 Å². The van der Waals surface area contributed by atoms with E-state index < -0.39 is 0 Å². The Morgan fingerprint density at radius 3 is 2.88 bits per heavy atom. The highest BCUT2D eigenvalue weighted by molar-refractivity contribution is 7.14. The van der Waals surface area contributed by atoms with E-state index in [1.807, 2.05) is 36.7 Å². The molecule has 0 aliphatic rings. The van der Waals surface area contributed by atoms with Crippen molar-refractivity contribution in [3.05, 3.63) is 29.6 Å². The lowest BCUT2D eigenvalue weighted by molar-refractivity contribution is -0.114. The number of carbonyl (C=O) groups is 1. The molecule has 88 valence electrons. The van der Waals surface area contributed by atoms with Crippen LogP contribution in [0.4, 0.5) is 10.8 Å². The lowest BCUT2D eigenvalue weighted by Gasteiger charge is -2.03. The summed E-state index contributed by atoms with van der Waals surface area (Å²) in [4.78, 5) is 15.4. The first-order valence-electron chi connectivity index (χ1n) is 5.20. The third kappa shape index (κ3) is 2.82. The molecule has 1 aromatic carbocycles. The van der Waals surface area contributed by atoms with Crippen molar-refractivity contribution >= 4 is 28.1 Å². The first-order valence-corrected chi connectivity index (χ1v) is 6.08. The Morgan fingerprint density at radius 2 is 2.24 bits per heavy atom. The molecule has 0 saturated heterocycles. The normalized spacial score (nSPS) is 10.0. The van der Waals surface area contributed by atoms with Crippen LogP contribution in [0, 0.1) is 0 Å². The van der Waals surface area contributed by atoms with Crippen molar-refractivity contribution in [2.75, 3.05) is 17.7 Å². The van der Waals surface area contributed by atoms with E-state index in [1.165, 1.54) is 6.92 Å². The van der Waals surface area contributed by atoms with Crippen LogP contribution >= 0.6 is 11.3 Å². The summed E-state index contributed by atoms with van der Waals surface area (Å²) in [6.07, 6.45) is 0. The molecule has 5 heteroatoms. The quantitative estimate of drug-likeness (QED) is 0.877. The summed E-state index contributed by atoms with van der Waals surface area (Å²) in [6, 6.07) is 7.64. The van der Waals surface area contributed by atoms with Crippen molar-refractivity contribution in [1.82, 2.24) is 4.98 Å². The average molecular weight is 247 g/mol. The molecule has 2 aromatic rings. The maximum Gasteiger partial charge on any atom is 0.221 e. The van der Waals surface area contributed by atoms with E-state index in [0.717, 1.165) is 22.1 Å². The minimum Gasteiger partial charge on any atom is -0.365 e. The fraction of sp³-hybridized carbons (Fsp3) is 0.167. The number of hydrogen-bond donors (Lipinski definition) is 2. The molecule has 0 aliphatic carbocycles. The molecular formula is C12H13N3OS. The Hall–Kier alpha value is -1.88. The molecule has 17 heavy (non-hydrogen) atoms. The second-order valence-corrected chi connectivity index (χ2v) is 4.41. The van der Waals surface area contributed by atoms with E-state index in [0.29, 0.717) is 0 Å². The Bertz CT molecular complexity index is 536. The Balaban J connectivity index is 2.29. The van der Waals surface area contributed by atoms with Gasteiger partial charge >= 0.3 is 0 Å². The number of thiazole rings is 1. The van der Waals surface area contributed by atoms with Gasteiger partial charge in [-0.05, 0) is 12.1 Å². The lowest BCUT2D eigenvalue weighted by atomic mass is 10.1. The number of nitrogens with one attached hydrogen (secondary N) is 2. The van der Waals surface area contributed by atoms with Gasteiger partial charge in [0.1, 0.15) is 0 Å². The average Bonchev–Trinajstić information content (AvgIpc) is 2.77. The van der Waals surface area contributed by atoms with Gasteiger partial charge in [-0.25, -0.2) is 4.98 Å². The third-order valence-corrected chi connectivity index (χ3v) is 3.06. The van der Waals surface area contributed by atoms with Gasteiger partial charge in [0.05, 0.1) is 5.69 Å². The van der Waals surface area contributed by atoms with E-state index in [4.69, 9.17) is 0 Å². The summed E-state index contributed by atoms with van der Waals surface area (Å²) < 4.78 is 0. The molecule has 0 aliphatic heterocycles. The molecule has 2 rings (SSSR count). The van der Waals surface area contributed by atoms with E-state index >= 15 is 0 Å². The molecule has 1 amide bonds. The van der Waals surface area contributed by atoms with E-state index in [2.05, 4.69) is 15.6 Å². The zero-order chi connectivity index (χ0) is 12.3. The van der Waals surface area contributed by atoms with E-state index in [1.54, 1.807) is 11.3 Å². The topological polar surface area (TPSA) is 54.0 Å². The van der Waals surface area contributed by atoms with Gasteiger partial charge in [0.2, 0.25) is 5.91 Å². The van der Waals surface area contributed by atoms with Crippen LogP contribution in [0.2, 0.25) is 0 Å². The molecule has 0 bridgehead atoms.